The van der Waals surface area contributed by atoms with Crippen LogP contribution in [0.3, 0.4) is 0 Å². The molecule has 2 atom stereocenters. The molecule has 2 aliphatic rings. The van der Waals surface area contributed by atoms with E-state index in [9.17, 15) is 14.4 Å². The predicted molar refractivity (Wildman–Crippen MR) is 150 cm³/mol. The van der Waals surface area contributed by atoms with Crippen molar-refractivity contribution in [2.24, 2.45) is 0 Å². The first-order chi connectivity index (χ1) is 19.8. The number of amides is 2. The summed E-state index contributed by atoms with van der Waals surface area (Å²) in [5.41, 5.74) is 2.96. The number of esters is 1. The molecule has 5 heterocycles. The molecule has 3 aromatic rings. The van der Waals surface area contributed by atoms with E-state index in [1.54, 1.807) is 30.3 Å². The summed E-state index contributed by atoms with van der Waals surface area (Å²) >= 11 is 6.55. The number of nitrogens with one attached hydrogen (secondary N) is 2. The number of ether oxygens (including phenoxy) is 3. The molecule has 41 heavy (non-hydrogen) atoms. The maximum absolute atomic E-state index is 13.2. The molecule has 0 radical (unpaired) electrons. The van der Waals surface area contributed by atoms with Crippen molar-refractivity contribution in [2.45, 2.75) is 51.2 Å². The molecule has 3 aromatic heterocycles. The number of carbonyl (C=O) groups excluding carboxylic acids is 3. The molecule has 0 spiro atoms. The Hall–Kier alpha value is -4.03. The Kier molecular flexibility index (Phi) is 8.79. The second kappa shape index (κ2) is 12.6. The van der Waals surface area contributed by atoms with Gasteiger partial charge in [-0.2, -0.15) is 0 Å². The van der Waals surface area contributed by atoms with Crippen molar-refractivity contribution < 1.29 is 28.6 Å². The molecule has 0 aliphatic carbocycles. The van der Waals surface area contributed by atoms with Crippen LogP contribution in [0, 0.1) is 0 Å². The third-order valence-electron chi connectivity index (χ3n) is 7.21. The number of methoxy groups -OCH3 is 1. The number of piperidine rings is 1. The normalized spacial score (nSPS) is 18.3. The monoisotopic (exact) mass is 582 g/mol. The Morgan fingerprint density at radius 1 is 1.22 bits per heavy atom. The quantitative estimate of drug-likeness (QED) is 0.361. The number of nitrogens with zero attached hydrogens (tertiary/aromatic N) is 4. The van der Waals surface area contributed by atoms with Crippen LogP contribution < -0.4 is 20.1 Å². The van der Waals surface area contributed by atoms with Crippen LogP contribution in [0.1, 0.15) is 37.4 Å². The van der Waals surface area contributed by atoms with Crippen molar-refractivity contribution in [3.63, 3.8) is 0 Å². The van der Waals surface area contributed by atoms with E-state index in [4.69, 9.17) is 25.8 Å². The smallest absolute Gasteiger partial charge is 0.303 e. The van der Waals surface area contributed by atoms with E-state index in [-0.39, 0.29) is 37.1 Å². The van der Waals surface area contributed by atoms with Crippen LogP contribution in [-0.4, -0.2) is 76.6 Å². The minimum Gasteiger partial charge on any atom is -0.481 e. The number of likely N-dealkylation sites (tertiary alicyclic amines) is 1. The van der Waals surface area contributed by atoms with Gasteiger partial charge in [0, 0.05) is 49.9 Å². The highest BCUT2D eigenvalue weighted by Gasteiger charge is 2.32. The van der Waals surface area contributed by atoms with E-state index in [2.05, 4.69) is 25.6 Å². The molecule has 12 nitrogen and oxygen atoms in total. The minimum atomic E-state index is -0.508. The highest BCUT2D eigenvalue weighted by molar-refractivity contribution is 6.32. The molecule has 0 aromatic carbocycles. The van der Waals surface area contributed by atoms with Gasteiger partial charge >= 0.3 is 5.97 Å². The zero-order valence-electron chi connectivity index (χ0n) is 22.8. The lowest BCUT2D eigenvalue weighted by Gasteiger charge is -2.40. The highest BCUT2D eigenvalue weighted by atomic mass is 35.5. The SMILES string of the molecule is COc1ccc2ncc(Cl)c(CC[C@H]3CCC(NCc4ccc5c(n4)NC(=O)CO5)CN3C(=O)COC(C)=O)c2n1. The number of pyridine rings is 3. The van der Waals surface area contributed by atoms with Crippen LogP contribution in [0.4, 0.5) is 5.82 Å². The van der Waals surface area contributed by atoms with Crippen molar-refractivity contribution in [3.8, 4) is 11.6 Å². The molecule has 0 saturated carbocycles. The van der Waals surface area contributed by atoms with Crippen molar-refractivity contribution >= 4 is 46.2 Å². The molecular formula is C28H31ClN6O6. The van der Waals surface area contributed by atoms with Gasteiger partial charge in [0.25, 0.3) is 11.8 Å². The summed E-state index contributed by atoms with van der Waals surface area (Å²) in [7, 11) is 1.55. The Morgan fingerprint density at radius 3 is 2.88 bits per heavy atom. The lowest BCUT2D eigenvalue weighted by Crippen LogP contribution is -2.53. The second-order valence-corrected chi connectivity index (χ2v) is 10.4. The number of hydrogen-bond acceptors (Lipinski definition) is 10. The lowest BCUT2D eigenvalue weighted by molar-refractivity contribution is -0.152. The third-order valence-corrected chi connectivity index (χ3v) is 7.53. The van der Waals surface area contributed by atoms with E-state index in [1.807, 2.05) is 12.1 Å². The molecule has 2 amide bonds. The van der Waals surface area contributed by atoms with Crippen molar-refractivity contribution in [3.05, 3.63) is 46.7 Å². The average molecular weight is 583 g/mol. The summed E-state index contributed by atoms with van der Waals surface area (Å²) in [6.45, 7) is 1.81. The van der Waals surface area contributed by atoms with Crippen LogP contribution in [0.25, 0.3) is 11.0 Å². The molecule has 2 N–H and O–H groups in total. The summed E-state index contributed by atoms with van der Waals surface area (Å²) < 4.78 is 15.7. The standard InChI is InChI=1S/C28H31ClN6O6/c1-16(36)40-15-26(38)35-13-18(30-11-17-4-9-23-28(32-17)33-24(37)14-41-23)3-5-19(35)6-7-20-21(29)12-31-22-8-10-25(39-2)34-27(20)22/h4,8-10,12,18-19,30H,3,5-7,11,13-15H2,1-2H3,(H,32,33,37)/t18?,19-/m1/s1. The first-order valence-electron chi connectivity index (χ1n) is 13.4. The largest absolute Gasteiger partial charge is 0.481 e. The minimum absolute atomic E-state index is 0.00697. The van der Waals surface area contributed by atoms with Gasteiger partial charge < -0.3 is 29.7 Å². The van der Waals surface area contributed by atoms with Gasteiger partial charge in [0.1, 0.15) is 0 Å². The number of aryl methyl sites for hydroxylation is 1. The molecule has 2 aliphatic heterocycles. The fraction of sp³-hybridized carbons (Fsp3) is 0.429. The molecule has 1 saturated heterocycles. The first kappa shape index (κ1) is 28.5. The van der Waals surface area contributed by atoms with E-state index in [0.29, 0.717) is 59.4 Å². The van der Waals surface area contributed by atoms with Gasteiger partial charge in [-0.05, 0) is 43.9 Å². The summed E-state index contributed by atoms with van der Waals surface area (Å²) in [6, 6.07) is 7.11. The van der Waals surface area contributed by atoms with Crippen LogP contribution in [0.15, 0.2) is 30.5 Å². The summed E-state index contributed by atoms with van der Waals surface area (Å²) in [6.07, 6.45) is 4.39. The Balaban J connectivity index is 1.27. The van der Waals surface area contributed by atoms with E-state index in [0.717, 1.165) is 24.1 Å². The van der Waals surface area contributed by atoms with Gasteiger partial charge in [0.2, 0.25) is 5.88 Å². The van der Waals surface area contributed by atoms with Crippen molar-refractivity contribution in [2.75, 3.05) is 32.2 Å². The molecule has 5 rings (SSSR count). The van der Waals surface area contributed by atoms with Gasteiger partial charge in [-0.3, -0.25) is 19.4 Å². The van der Waals surface area contributed by atoms with Gasteiger partial charge in [-0.25, -0.2) is 9.97 Å². The molecule has 0 bridgehead atoms. The number of halogens is 1. The Labute approximate surface area is 241 Å². The average Bonchev–Trinajstić information content (AvgIpc) is 2.98. The Bertz CT molecular complexity index is 1470. The van der Waals surface area contributed by atoms with Crippen LogP contribution in [0.2, 0.25) is 5.02 Å². The fourth-order valence-electron chi connectivity index (χ4n) is 5.14. The third kappa shape index (κ3) is 6.83. The Morgan fingerprint density at radius 2 is 2.07 bits per heavy atom. The van der Waals surface area contributed by atoms with Crippen molar-refractivity contribution in [1.29, 1.82) is 0 Å². The van der Waals surface area contributed by atoms with E-state index in [1.165, 1.54) is 6.92 Å². The number of aromatic nitrogens is 3. The zero-order valence-corrected chi connectivity index (χ0v) is 23.6. The topological polar surface area (TPSA) is 145 Å². The molecule has 1 unspecified atom stereocenters. The van der Waals surface area contributed by atoms with Gasteiger partial charge in [0.05, 0.1) is 28.9 Å². The van der Waals surface area contributed by atoms with Crippen LogP contribution >= 0.6 is 11.6 Å². The fourth-order valence-corrected chi connectivity index (χ4v) is 5.37. The number of carbonyl (C=O) groups is 3. The predicted octanol–water partition coefficient (Wildman–Crippen LogP) is 2.66. The highest BCUT2D eigenvalue weighted by Crippen LogP contribution is 2.29. The molecular weight excluding hydrogens is 552 g/mol. The number of rotatable bonds is 9. The summed E-state index contributed by atoms with van der Waals surface area (Å²) in [5, 5.41) is 6.70. The zero-order chi connectivity index (χ0) is 28.9. The molecule has 216 valence electrons. The molecule has 1 fully saturated rings. The van der Waals surface area contributed by atoms with E-state index < -0.39 is 5.97 Å². The van der Waals surface area contributed by atoms with Gasteiger partial charge in [-0.15, -0.1) is 0 Å². The van der Waals surface area contributed by atoms with Crippen molar-refractivity contribution in [1.82, 2.24) is 25.2 Å². The van der Waals surface area contributed by atoms with Gasteiger partial charge in [-0.1, -0.05) is 11.6 Å². The first-order valence-corrected chi connectivity index (χ1v) is 13.8. The van der Waals surface area contributed by atoms with Gasteiger partial charge in [0.15, 0.2) is 24.8 Å². The van der Waals surface area contributed by atoms with Crippen LogP contribution in [0.5, 0.6) is 11.6 Å². The second-order valence-electron chi connectivity index (χ2n) is 9.97. The van der Waals surface area contributed by atoms with Crippen LogP contribution in [-0.2, 0) is 32.1 Å². The maximum Gasteiger partial charge on any atom is 0.303 e. The number of anilines is 1. The lowest BCUT2D eigenvalue weighted by atomic mass is 9.93. The summed E-state index contributed by atoms with van der Waals surface area (Å²) in [5.74, 6) is 0.395. The number of fused-ring (bicyclic) bond motifs is 2. The molecule has 13 heteroatoms. The van der Waals surface area contributed by atoms with E-state index >= 15 is 0 Å². The summed E-state index contributed by atoms with van der Waals surface area (Å²) in [4.78, 5) is 51.4. The maximum atomic E-state index is 13.2. The number of hydrogen-bond donors (Lipinski definition) is 2.